The van der Waals surface area contributed by atoms with E-state index in [4.69, 9.17) is 9.15 Å². The van der Waals surface area contributed by atoms with E-state index in [2.05, 4.69) is 15.9 Å². The van der Waals surface area contributed by atoms with Crippen LogP contribution in [0.15, 0.2) is 56.1 Å². The Balaban J connectivity index is 1.74. The first-order valence-corrected chi connectivity index (χ1v) is 10.3. The lowest BCUT2D eigenvalue weighted by molar-refractivity contribution is 0.0483. The molecule has 0 aliphatic carbocycles. The van der Waals surface area contributed by atoms with Crippen molar-refractivity contribution in [3.8, 4) is 0 Å². The second-order valence-corrected chi connectivity index (χ2v) is 8.25. The lowest BCUT2D eigenvalue weighted by atomic mass is 9.98. The number of rotatable bonds is 3. The van der Waals surface area contributed by atoms with Gasteiger partial charge in [0.05, 0.1) is 23.1 Å². The molecule has 29 heavy (non-hydrogen) atoms. The Hall–Kier alpha value is -2.51. The number of ether oxygens (including phenoxy) is 1. The van der Waals surface area contributed by atoms with Crippen LogP contribution < -0.4 is 5.43 Å². The van der Waals surface area contributed by atoms with E-state index in [0.29, 0.717) is 17.6 Å². The Morgan fingerprint density at radius 2 is 2.00 bits per heavy atom. The van der Waals surface area contributed by atoms with Crippen LogP contribution >= 0.6 is 15.9 Å². The molecule has 5 rings (SSSR count). The molecule has 3 aromatic rings. The molecule has 2 atom stereocenters. The van der Waals surface area contributed by atoms with E-state index >= 15 is 0 Å². The zero-order valence-corrected chi connectivity index (χ0v) is 16.9. The highest BCUT2D eigenvalue weighted by Crippen LogP contribution is 2.39. The highest BCUT2D eigenvalue weighted by atomic mass is 79.9. The summed E-state index contributed by atoms with van der Waals surface area (Å²) in [5.41, 5.74) is 0.471. The fourth-order valence-electron chi connectivity index (χ4n) is 4.21. The molecule has 0 spiro atoms. The summed E-state index contributed by atoms with van der Waals surface area (Å²) in [7, 11) is 0. The van der Waals surface area contributed by atoms with Crippen molar-refractivity contribution in [3.05, 3.63) is 79.9 Å². The largest absolute Gasteiger partial charge is 0.450 e. The summed E-state index contributed by atoms with van der Waals surface area (Å²) in [5, 5.41) is 0.353. The molecule has 0 N–H and O–H groups in total. The third-order valence-corrected chi connectivity index (χ3v) is 6.05. The normalized spacial score (nSPS) is 21.2. The third kappa shape index (κ3) is 3.00. The number of fused-ring (bicyclic) bond motifs is 2. The average molecular weight is 458 g/mol. The van der Waals surface area contributed by atoms with Crippen molar-refractivity contribution >= 4 is 32.8 Å². The van der Waals surface area contributed by atoms with Crippen LogP contribution in [0.1, 0.15) is 40.6 Å². The van der Waals surface area contributed by atoms with Gasteiger partial charge >= 0.3 is 0 Å². The summed E-state index contributed by atoms with van der Waals surface area (Å²) in [6, 6.07) is 10.4. The number of benzene rings is 2. The Morgan fingerprint density at radius 3 is 2.76 bits per heavy atom. The van der Waals surface area contributed by atoms with Gasteiger partial charge in [0.15, 0.2) is 5.43 Å². The van der Waals surface area contributed by atoms with Gasteiger partial charge in [0.2, 0.25) is 5.76 Å². The molecule has 1 aromatic heterocycles. The van der Waals surface area contributed by atoms with Crippen LogP contribution in [0, 0.1) is 5.82 Å². The van der Waals surface area contributed by atoms with E-state index in [-0.39, 0.29) is 35.0 Å². The van der Waals surface area contributed by atoms with Crippen LogP contribution in [-0.4, -0.2) is 30.1 Å². The molecule has 5 nitrogen and oxygen atoms in total. The van der Waals surface area contributed by atoms with E-state index in [9.17, 15) is 14.0 Å². The number of hydrogen-bond donors (Lipinski definition) is 0. The van der Waals surface area contributed by atoms with E-state index in [0.717, 1.165) is 17.3 Å². The quantitative estimate of drug-likeness (QED) is 0.583. The Labute approximate surface area is 174 Å². The molecule has 1 amide bonds. The van der Waals surface area contributed by atoms with Crippen LogP contribution in [0.25, 0.3) is 11.0 Å². The van der Waals surface area contributed by atoms with Crippen molar-refractivity contribution in [2.75, 3.05) is 13.2 Å². The van der Waals surface area contributed by atoms with E-state index in [1.165, 1.54) is 11.0 Å². The SMILES string of the molecule is O=C1c2oc3ccc(Br)cc3c(=O)c2[C@H](c2ccccc2F)N1C[C@@H]1CCCO1. The highest BCUT2D eigenvalue weighted by molar-refractivity contribution is 9.10. The molecule has 1 saturated heterocycles. The first kappa shape index (κ1) is 18.5. The standard InChI is InChI=1S/C22H17BrFNO4/c23-12-7-8-17-15(10-12)20(26)18-19(14-5-1-2-6-16(14)24)25(22(27)21(18)29-17)11-13-4-3-9-28-13/h1-2,5-8,10,13,19H,3-4,9,11H2/t13-,19-/m0/s1. The number of hydrogen-bond acceptors (Lipinski definition) is 4. The van der Waals surface area contributed by atoms with Gasteiger partial charge in [-0.1, -0.05) is 34.1 Å². The molecule has 3 heterocycles. The molecule has 2 aliphatic rings. The first-order valence-electron chi connectivity index (χ1n) is 9.48. The number of amides is 1. The Morgan fingerprint density at radius 1 is 1.17 bits per heavy atom. The molecule has 2 aromatic carbocycles. The van der Waals surface area contributed by atoms with Gasteiger partial charge < -0.3 is 14.1 Å². The molecule has 0 saturated carbocycles. The minimum absolute atomic E-state index is 0.0175. The summed E-state index contributed by atoms with van der Waals surface area (Å²) in [6.45, 7) is 0.917. The summed E-state index contributed by atoms with van der Waals surface area (Å²) in [4.78, 5) is 28.1. The van der Waals surface area contributed by atoms with Crippen LogP contribution in [0.5, 0.6) is 0 Å². The monoisotopic (exact) mass is 457 g/mol. The predicted molar refractivity (Wildman–Crippen MR) is 108 cm³/mol. The molecular weight excluding hydrogens is 441 g/mol. The summed E-state index contributed by atoms with van der Waals surface area (Å²) in [6.07, 6.45) is 1.60. The van der Waals surface area contributed by atoms with Crippen molar-refractivity contribution in [3.63, 3.8) is 0 Å². The van der Waals surface area contributed by atoms with Crippen molar-refractivity contribution < 1.29 is 18.3 Å². The second kappa shape index (κ2) is 7.07. The van der Waals surface area contributed by atoms with Gasteiger partial charge in [0, 0.05) is 23.2 Å². The van der Waals surface area contributed by atoms with Crippen LogP contribution in [0.2, 0.25) is 0 Å². The average Bonchev–Trinajstić information content (AvgIpc) is 3.31. The second-order valence-electron chi connectivity index (χ2n) is 7.33. The molecule has 148 valence electrons. The molecule has 0 unspecified atom stereocenters. The summed E-state index contributed by atoms with van der Waals surface area (Å²) in [5.74, 6) is -0.897. The zero-order chi connectivity index (χ0) is 20.1. The van der Waals surface area contributed by atoms with Crippen molar-refractivity contribution in [2.45, 2.75) is 25.0 Å². The van der Waals surface area contributed by atoms with Gasteiger partial charge in [-0.2, -0.15) is 0 Å². The topological polar surface area (TPSA) is 59.8 Å². The lowest BCUT2D eigenvalue weighted by Crippen LogP contribution is -2.36. The van der Waals surface area contributed by atoms with Crippen molar-refractivity contribution in [1.29, 1.82) is 0 Å². The van der Waals surface area contributed by atoms with Crippen molar-refractivity contribution in [1.82, 2.24) is 4.90 Å². The number of carbonyl (C=O) groups is 1. The number of carbonyl (C=O) groups excluding carboxylic acids is 1. The molecule has 0 bridgehead atoms. The van der Waals surface area contributed by atoms with Gasteiger partial charge in [-0.25, -0.2) is 4.39 Å². The summed E-state index contributed by atoms with van der Waals surface area (Å²) >= 11 is 3.37. The Bertz CT molecular complexity index is 1190. The maximum Gasteiger partial charge on any atom is 0.291 e. The van der Waals surface area contributed by atoms with E-state index in [1.54, 1.807) is 36.4 Å². The van der Waals surface area contributed by atoms with Gasteiger partial charge in [-0.15, -0.1) is 0 Å². The molecule has 7 heteroatoms. The molecule has 0 radical (unpaired) electrons. The third-order valence-electron chi connectivity index (χ3n) is 5.55. The van der Waals surface area contributed by atoms with Gasteiger partial charge in [0.25, 0.3) is 5.91 Å². The Kier molecular flexibility index (Phi) is 4.52. The zero-order valence-electron chi connectivity index (χ0n) is 15.4. The van der Waals surface area contributed by atoms with Crippen LogP contribution in [0.3, 0.4) is 0 Å². The molecular formula is C22H17BrFNO4. The van der Waals surface area contributed by atoms with Gasteiger partial charge in [0.1, 0.15) is 11.4 Å². The van der Waals surface area contributed by atoms with Gasteiger partial charge in [-0.3, -0.25) is 9.59 Å². The van der Waals surface area contributed by atoms with Crippen molar-refractivity contribution in [2.24, 2.45) is 0 Å². The predicted octanol–water partition coefficient (Wildman–Crippen LogP) is 4.42. The lowest BCUT2D eigenvalue weighted by Gasteiger charge is -2.27. The van der Waals surface area contributed by atoms with Crippen LogP contribution in [0.4, 0.5) is 4.39 Å². The molecule has 1 fully saturated rings. The highest BCUT2D eigenvalue weighted by Gasteiger charge is 2.44. The maximum atomic E-state index is 14.7. The van der Waals surface area contributed by atoms with Gasteiger partial charge in [-0.05, 0) is 37.1 Å². The van der Waals surface area contributed by atoms with E-state index in [1.807, 2.05) is 0 Å². The molecule has 2 aliphatic heterocycles. The summed E-state index contributed by atoms with van der Waals surface area (Å²) < 4.78 is 27.0. The smallest absolute Gasteiger partial charge is 0.291 e. The minimum atomic E-state index is -0.845. The number of halogens is 2. The van der Waals surface area contributed by atoms with E-state index < -0.39 is 17.8 Å². The first-order chi connectivity index (χ1) is 14.0. The maximum absolute atomic E-state index is 14.7. The number of nitrogens with zero attached hydrogens (tertiary/aromatic N) is 1. The fourth-order valence-corrected chi connectivity index (χ4v) is 4.57. The fraction of sp³-hybridized carbons (Fsp3) is 0.273. The van der Waals surface area contributed by atoms with Crippen LogP contribution in [-0.2, 0) is 4.74 Å². The minimum Gasteiger partial charge on any atom is -0.450 e.